The van der Waals surface area contributed by atoms with Crippen molar-refractivity contribution in [2.75, 3.05) is 13.6 Å². The molecule has 2 heterocycles. The first kappa shape index (κ1) is 17.3. The van der Waals surface area contributed by atoms with E-state index < -0.39 is 6.10 Å². The molecule has 2 aliphatic carbocycles. The van der Waals surface area contributed by atoms with Crippen LogP contribution >= 0.6 is 11.8 Å². The number of hydrogen-bond donors (Lipinski definition) is 0. The zero-order valence-electron chi connectivity index (χ0n) is 15.7. The minimum atomic E-state index is -0.392. The predicted octanol–water partition coefficient (Wildman–Crippen LogP) is 2.70. The van der Waals surface area contributed by atoms with Gasteiger partial charge in [-0.25, -0.2) is 0 Å². The molecule has 142 valence electrons. The van der Waals surface area contributed by atoms with Gasteiger partial charge in [-0.2, -0.15) is 0 Å². The summed E-state index contributed by atoms with van der Waals surface area (Å²) in [5, 5.41) is 0.0467. The lowest BCUT2D eigenvalue weighted by Gasteiger charge is -2.56. The van der Waals surface area contributed by atoms with Crippen molar-refractivity contribution in [2.45, 2.75) is 55.2 Å². The van der Waals surface area contributed by atoms with Gasteiger partial charge in [0.15, 0.2) is 11.2 Å². The lowest BCUT2D eigenvalue weighted by molar-refractivity contribution is -0.152. The largest absolute Gasteiger partial charge is 0.484 e. The van der Waals surface area contributed by atoms with Crippen molar-refractivity contribution in [2.24, 2.45) is 5.92 Å². The Hall–Kier alpha value is -1.79. The molecular formula is C21H23NO4S. The van der Waals surface area contributed by atoms with Crippen LogP contribution < -0.4 is 4.74 Å². The maximum absolute atomic E-state index is 11.8. The third kappa shape index (κ3) is 2.29. The van der Waals surface area contributed by atoms with E-state index in [4.69, 9.17) is 9.47 Å². The Morgan fingerprint density at radius 1 is 1.30 bits per heavy atom. The Morgan fingerprint density at radius 2 is 2.11 bits per heavy atom. The van der Waals surface area contributed by atoms with Gasteiger partial charge in [-0.15, -0.1) is 0 Å². The minimum absolute atomic E-state index is 0.0467. The van der Waals surface area contributed by atoms with Crippen LogP contribution in [0.3, 0.4) is 0 Å². The molecule has 0 amide bonds. The number of likely N-dealkylation sites (N-methyl/N-ethyl adjacent to an activating group) is 1. The van der Waals surface area contributed by atoms with Crippen LogP contribution in [-0.4, -0.2) is 47.8 Å². The van der Waals surface area contributed by atoms with Gasteiger partial charge in [0, 0.05) is 36.8 Å². The van der Waals surface area contributed by atoms with Crippen LogP contribution in [0.25, 0.3) is 0 Å². The third-order valence-electron chi connectivity index (χ3n) is 6.67. The van der Waals surface area contributed by atoms with E-state index in [0.717, 1.165) is 30.0 Å². The Labute approximate surface area is 163 Å². The van der Waals surface area contributed by atoms with Crippen LogP contribution in [0, 0.1) is 5.92 Å². The number of likely N-dealkylation sites (tertiary alicyclic amines) is 1. The van der Waals surface area contributed by atoms with Crippen molar-refractivity contribution in [3.05, 3.63) is 35.4 Å². The maximum Gasteiger partial charge on any atom is 0.303 e. The number of nitrogens with zero attached hydrogens (tertiary/aromatic N) is 1. The first-order valence-corrected chi connectivity index (χ1v) is 10.3. The Balaban J connectivity index is 1.71. The number of ether oxygens (including phenoxy) is 2. The highest BCUT2D eigenvalue weighted by molar-refractivity contribution is 8.13. The van der Waals surface area contributed by atoms with Gasteiger partial charge >= 0.3 is 5.97 Å². The quantitative estimate of drug-likeness (QED) is 0.443. The molecule has 6 heteroatoms. The molecule has 4 aliphatic rings. The van der Waals surface area contributed by atoms with Crippen LogP contribution in [0.4, 0.5) is 0 Å². The zero-order valence-corrected chi connectivity index (χ0v) is 16.5. The number of thioether (sulfide) groups is 1. The lowest BCUT2D eigenvalue weighted by atomic mass is 9.53. The fourth-order valence-corrected chi connectivity index (χ4v) is 6.43. The summed E-state index contributed by atoms with van der Waals surface area (Å²) in [6.45, 7) is 4.01. The topological polar surface area (TPSA) is 55.8 Å². The first-order valence-electron chi connectivity index (χ1n) is 9.49. The number of esters is 1. The van der Waals surface area contributed by atoms with Gasteiger partial charge in [0.2, 0.25) is 0 Å². The molecule has 27 heavy (non-hydrogen) atoms. The van der Waals surface area contributed by atoms with Gasteiger partial charge in [-0.05, 0) is 55.9 Å². The summed E-state index contributed by atoms with van der Waals surface area (Å²) < 4.78 is 12.2. The average molecular weight is 385 g/mol. The highest BCUT2D eigenvalue weighted by atomic mass is 32.2. The minimum Gasteiger partial charge on any atom is -0.484 e. The van der Waals surface area contributed by atoms with Crippen molar-refractivity contribution in [1.29, 1.82) is 0 Å². The molecule has 0 saturated carbocycles. The van der Waals surface area contributed by atoms with E-state index in [-0.39, 0.29) is 22.6 Å². The number of benzene rings is 1. The van der Waals surface area contributed by atoms with Gasteiger partial charge in [0.25, 0.3) is 0 Å². The molecule has 2 bridgehead atoms. The molecule has 1 spiro atoms. The molecule has 1 aromatic rings. The number of carbonyl (C=O) groups excluding carboxylic acids is 2. The van der Waals surface area contributed by atoms with Crippen molar-refractivity contribution >= 4 is 22.8 Å². The molecule has 5 rings (SSSR count). The number of hydrogen-bond acceptors (Lipinski definition) is 6. The first-order chi connectivity index (χ1) is 12.9. The molecule has 1 aromatic carbocycles. The smallest absolute Gasteiger partial charge is 0.303 e. The third-order valence-corrected chi connectivity index (χ3v) is 7.50. The summed E-state index contributed by atoms with van der Waals surface area (Å²) in [4.78, 5) is 26.8. The second-order valence-electron chi connectivity index (χ2n) is 8.09. The molecule has 1 saturated heterocycles. The van der Waals surface area contributed by atoms with Crippen LogP contribution in [0.15, 0.2) is 29.2 Å². The normalized spacial score (nSPS) is 35.4. The van der Waals surface area contributed by atoms with Crippen LogP contribution in [0.1, 0.15) is 31.4 Å². The second-order valence-corrected chi connectivity index (χ2v) is 9.31. The molecule has 0 radical (unpaired) electrons. The Kier molecular flexibility index (Phi) is 3.75. The Bertz CT molecular complexity index is 881. The fourth-order valence-electron chi connectivity index (χ4n) is 5.74. The van der Waals surface area contributed by atoms with Gasteiger partial charge in [0.1, 0.15) is 11.9 Å². The zero-order chi connectivity index (χ0) is 18.9. The Morgan fingerprint density at radius 3 is 2.85 bits per heavy atom. The van der Waals surface area contributed by atoms with Crippen molar-refractivity contribution in [1.82, 2.24) is 4.90 Å². The summed E-state index contributed by atoms with van der Waals surface area (Å²) in [6.07, 6.45) is 5.58. The monoisotopic (exact) mass is 385 g/mol. The predicted molar refractivity (Wildman–Crippen MR) is 102 cm³/mol. The fraction of sp³-hybridized carbons (Fsp3) is 0.524. The molecule has 2 aliphatic heterocycles. The maximum atomic E-state index is 11.8. The van der Waals surface area contributed by atoms with Crippen molar-refractivity contribution < 1.29 is 19.1 Å². The molecule has 0 unspecified atom stereocenters. The molecule has 0 N–H and O–H groups in total. The van der Waals surface area contributed by atoms with E-state index >= 15 is 0 Å². The van der Waals surface area contributed by atoms with Crippen LogP contribution in [0.2, 0.25) is 0 Å². The summed E-state index contributed by atoms with van der Waals surface area (Å²) in [6, 6.07) is 4.60. The summed E-state index contributed by atoms with van der Waals surface area (Å²) in [5.41, 5.74) is 2.39. The molecule has 0 aromatic heterocycles. The number of carbonyl (C=O) groups is 2. The standard InChI is InChI=1S/C21H23NO4S/c1-11(23)25-16-6-5-14-15-10-13-4-7-17(27-12(2)24)19-18(13)21(14,20(16)26-19)8-9-22(15)3/h4-7,14-16,20H,8-10H2,1-3H3/t14-,15+,16-,20-,21-/m0/s1. The van der Waals surface area contributed by atoms with Crippen LogP contribution in [-0.2, 0) is 26.2 Å². The van der Waals surface area contributed by atoms with E-state index in [1.54, 1.807) is 6.92 Å². The highest BCUT2D eigenvalue weighted by Gasteiger charge is 2.64. The number of piperidine rings is 1. The van der Waals surface area contributed by atoms with E-state index in [1.165, 1.54) is 29.8 Å². The van der Waals surface area contributed by atoms with Crippen molar-refractivity contribution in [3.63, 3.8) is 0 Å². The second kappa shape index (κ2) is 5.85. The van der Waals surface area contributed by atoms with Gasteiger partial charge in [-0.3, -0.25) is 9.59 Å². The summed E-state index contributed by atoms with van der Waals surface area (Å²) >= 11 is 1.22. The van der Waals surface area contributed by atoms with Gasteiger partial charge in [0.05, 0.1) is 4.90 Å². The van der Waals surface area contributed by atoms with E-state index in [2.05, 4.69) is 24.1 Å². The lowest BCUT2D eigenvalue weighted by Crippen LogP contribution is -2.65. The van der Waals surface area contributed by atoms with Gasteiger partial charge < -0.3 is 14.4 Å². The van der Waals surface area contributed by atoms with E-state index in [1.807, 2.05) is 12.1 Å². The van der Waals surface area contributed by atoms with Gasteiger partial charge in [-0.1, -0.05) is 12.1 Å². The molecule has 5 atom stereocenters. The van der Waals surface area contributed by atoms with E-state index in [0.29, 0.717) is 12.0 Å². The van der Waals surface area contributed by atoms with Crippen molar-refractivity contribution in [3.8, 4) is 5.75 Å². The SMILES string of the molecule is CC(=O)O[C@H]1C=C[C@H]2[C@H]3Cc4ccc(SC(C)=O)c5c4[C@@]2(CCN3C)[C@H]1O5. The summed E-state index contributed by atoms with van der Waals surface area (Å²) in [7, 11) is 2.19. The highest BCUT2D eigenvalue weighted by Crippen LogP contribution is 2.62. The van der Waals surface area contributed by atoms with E-state index in [9.17, 15) is 9.59 Å². The molecule has 5 nitrogen and oxygen atoms in total. The molecular weight excluding hydrogens is 362 g/mol. The summed E-state index contributed by atoms with van der Waals surface area (Å²) in [5.74, 6) is 0.879. The van der Waals surface area contributed by atoms with Crippen LogP contribution in [0.5, 0.6) is 5.75 Å². The molecule has 1 fully saturated rings. The average Bonchev–Trinajstić information content (AvgIpc) is 2.95. The number of rotatable bonds is 2.